The molecule has 0 atom stereocenters. The van der Waals surface area contributed by atoms with E-state index in [1.54, 1.807) is 41.0 Å². The van der Waals surface area contributed by atoms with E-state index >= 15 is 0 Å². The first-order valence-electron chi connectivity index (χ1n) is 8.85. The summed E-state index contributed by atoms with van der Waals surface area (Å²) in [5.41, 5.74) is 2.52. The van der Waals surface area contributed by atoms with Gasteiger partial charge in [0.05, 0.1) is 17.7 Å². The van der Waals surface area contributed by atoms with Crippen LogP contribution in [0.25, 0.3) is 5.65 Å². The number of fused-ring (bicyclic) bond motifs is 1. The molecular formula is C19H24N4O3S. The number of nitrogens with zero attached hydrogens (tertiary/aromatic N) is 3. The fourth-order valence-electron chi connectivity index (χ4n) is 2.58. The zero-order valence-electron chi connectivity index (χ0n) is 15.9. The van der Waals surface area contributed by atoms with E-state index in [0.29, 0.717) is 24.2 Å². The number of nitrogens with one attached hydrogen (secondary N) is 1. The van der Waals surface area contributed by atoms with E-state index in [4.69, 9.17) is 4.74 Å². The van der Waals surface area contributed by atoms with Gasteiger partial charge in [0.25, 0.3) is 0 Å². The predicted molar refractivity (Wildman–Crippen MR) is 106 cm³/mol. The Bertz CT molecular complexity index is 1040. The van der Waals surface area contributed by atoms with E-state index in [9.17, 15) is 8.42 Å². The van der Waals surface area contributed by atoms with Gasteiger partial charge in [-0.3, -0.25) is 0 Å². The minimum atomic E-state index is -3.22. The molecule has 1 N–H and O–H groups in total. The topological polar surface area (TPSA) is 85.6 Å². The van der Waals surface area contributed by atoms with E-state index in [1.165, 1.54) is 6.26 Å². The van der Waals surface area contributed by atoms with Crippen molar-refractivity contribution in [2.45, 2.75) is 32.1 Å². The van der Waals surface area contributed by atoms with Crippen molar-refractivity contribution >= 4 is 27.0 Å². The van der Waals surface area contributed by atoms with Crippen LogP contribution in [0.5, 0.6) is 5.88 Å². The van der Waals surface area contributed by atoms with Crippen LogP contribution in [0, 0.1) is 5.92 Å². The fraction of sp³-hybridized carbons (Fsp3) is 0.368. The number of benzene rings is 1. The van der Waals surface area contributed by atoms with Gasteiger partial charge in [0.1, 0.15) is 5.82 Å². The van der Waals surface area contributed by atoms with Gasteiger partial charge >= 0.3 is 0 Å². The van der Waals surface area contributed by atoms with Gasteiger partial charge in [0.15, 0.2) is 15.5 Å². The molecule has 0 saturated carbocycles. The number of aryl methyl sites for hydroxylation is 1. The van der Waals surface area contributed by atoms with Crippen molar-refractivity contribution in [3.05, 3.63) is 42.1 Å². The molecule has 0 bridgehead atoms. The molecule has 0 fully saturated rings. The molecule has 0 saturated heterocycles. The summed E-state index contributed by atoms with van der Waals surface area (Å²) in [7, 11) is -3.22. The molecule has 3 aromatic rings. The SMILES string of the molecule is CCc1cnn2c(Nc3ccc(S(C)(=O)=O)cc3)cc(OCC(C)C)nc12. The average Bonchev–Trinajstić information content (AvgIpc) is 3.03. The Morgan fingerprint density at radius 1 is 1.22 bits per heavy atom. The molecule has 1 aromatic carbocycles. The van der Waals surface area contributed by atoms with Gasteiger partial charge in [-0.1, -0.05) is 20.8 Å². The number of hydrogen-bond acceptors (Lipinski definition) is 6. The predicted octanol–water partition coefficient (Wildman–Crippen LogP) is 3.47. The van der Waals surface area contributed by atoms with E-state index in [0.717, 1.165) is 23.3 Å². The maximum atomic E-state index is 11.6. The molecule has 2 heterocycles. The van der Waals surface area contributed by atoms with Crippen LogP contribution in [0.3, 0.4) is 0 Å². The molecule has 3 rings (SSSR count). The van der Waals surface area contributed by atoms with E-state index in [-0.39, 0.29) is 4.90 Å². The third-order valence-corrected chi connectivity index (χ3v) is 5.15. The molecule has 2 aromatic heterocycles. The summed E-state index contributed by atoms with van der Waals surface area (Å²) in [5, 5.41) is 7.70. The first-order valence-corrected chi connectivity index (χ1v) is 10.7. The van der Waals surface area contributed by atoms with Crippen LogP contribution in [-0.4, -0.2) is 35.9 Å². The molecule has 144 valence electrons. The molecule has 0 spiro atoms. The van der Waals surface area contributed by atoms with E-state index in [2.05, 4.69) is 36.2 Å². The fourth-order valence-corrected chi connectivity index (χ4v) is 3.21. The minimum absolute atomic E-state index is 0.279. The van der Waals surface area contributed by atoms with Gasteiger partial charge in [-0.2, -0.15) is 14.6 Å². The summed E-state index contributed by atoms with van der Waals surface area (Å²) in [5.74, 6) is 1.62. The van der Waals surface area contributed by atoms with Crippen molar-refractivity contribution in [3.8, 4) is 5.88 Å². The van der Waals surface area contributed by atoms with Gasteiger partial charge in [-0.05, 0) is 36.6 Å². The zero-order valence-corrected chi connectivity index (χ0v) is 16.7. The molecular weight excluding hydrogens is 364 g/mol. The first-order chi connectivity index (χ1) is 12.8. The summed E-state index contributed by atoms with van der Waals surface area (Å²) < 4.78 is 30.8. The maximum Gasteiger partial charge on any atom is 0.219 e. The number of hydrogen-bond donors (Lipinski definition) is 1. The summed E-state index contributed by atoms with van der Waals surface area (Å²) in [6, 6.07) is 8.40. The van der Waals surface area contributed by atoms with Crippen molar-refractivity contribution < 1.29 is 13.2 Å². The van der Waals surface area contributed by atoms with Crippen LogP contribution in [0.1, 0.15) is 26.3 Å². The van der Waals surface area contributed by atoms with Gasteiger partial charge in [0, 0.05) is 23.6 Å². The lowest BCUT2D eigenvalue weighted by atomic mass is 10.2. The van der Waals surface area contributed by atoms with Crippen molar-refractivity contribution in [3.63, 3.8) is 0 Å². The van der Waals surface area contributed by atoms with E-state index in [1.807, 2.05) is 0 Å². The molecule has 0 unspecified atom stereocenters. The second-order valence-electron chi connectivity index (χ2n) is 6.86. The molecule has 0 aliphatic heterocycles. The molecule has 7 nitrogen and oxygen atoms in total. The molecule has 0 aliphatic rings. The lowest BCUT2D eigenvalue weighted by Crippen LogP contribution is -2.08. The number of rotatable bonds is 7. The summed E-state index contributed by atoms with van der Waals surface area (Å²) in [4.78, 5) is 4.86. The summed E-state index contributed by atoms with van der Waals surface area (Å²) in [6.45, 7) is 6.78. The van der Waals surface area contributed by atoms with Crippen molar-refractivity contribution in [2.24, 2.45) is 5.92 Å². The third kappa shape index (κ3) is 4.39. The summed E-state index contributed by atoms with van der Waals surface area (Å²) in [6.07, 6.45) is 3.80. The summed E-state index contributed by atoms with van der Waals surface area (Å²) >= 11 is 0. The second kappa shape index (κ2) is 7.56. The van der Waals surface area contributed by atoms with Crippen LogP contribution >= 0.6 is 0 Å². The Kier molecular flexibility index (Phi) is 5.36. The van der Waals surface area contributed by atoms with Crippen LogP contribution in [0.2, 0.25) is 0 Å². The van der Waals surface area contributed by atoms with E-state index < -0.39 is 9.84 Å². The smallest absolute Gasteiger partial charge is 0.219 e. The van der Waals surface area contributed by atoms with Gasteiger partial charge in [0.2, 0.25) is 5.88 Å². The van der Waals surface area contributed by atoms with Crippen molar-refractivity contribution in [2.75, 3.05) is 18.2 Å². The first kappa shape index (κ1) is 19.2. The van der Waals surface area contributed by atoms with Crippen LogP contribution in [-0.2, 0) is 16.3 Å². The Morgan fingerprint density at radius 3 is 2.52 bits per heavy atom. The highest BCUT2D eigenvalue weighted by atomic mass is 32.2. The molecule has 0 aliphatic carbocycles. The molecule has 27 heavy (non-hydrogen) atoms. The minimum Gasteiger partial charge on any atom is -0.477 e. The molecule has 8 heteroatoms. The van der Waals surface area contributed by atoms with Crippen molar-refractivity contribution in [1.82, 2.24) is 14.6 Å². The van der Waals surface area contributed by atoms with Gasteiger partial charge in [-0.25, -0.2) is 8.42 Å². The standard InChI is InChI=1S/C19H24N4O3S/c1-5-14-11-20-23-17(10-18(22-19(14)23)26-12-13(2)3)21-15-6-8-16(9-7-15)27(4,24)25/h6-11,13,21H,5,12H2,1-4H3. The Morgan fingerprint density at radius 2 is 1.93 bits per heavy atom. The highest BCUT2D eigenvalue weighted by Crippen LogP contribution is 2.25. The third-order valence-electron chi connectivity index (χ3n) is 4.02. The van der Waals surface area contributed by atoms with Crippen molar-refractivity contribution in [1.29, 1.82) is 0 Å². The Balaban J connectivity index is 1.97. The lowest BCUT2D eigenvalue weighted by Gasteiger charge is -2.13. The molecule has 0 radical (unpaired) electrons. The number of sulfone groups is 1. The zero-order chi connectivity index (χ0) is 19.6. The lowest BCUT2D eigenvalue weighted by molar-refractivity contribution is 0.262. The Hall–Kier alpha value is -2.61. The number of aromatic nitrogens is 3. The Labute approximate surface area is 159 Å². The molecule has 0 amide bonds. The number of anilines is 2. The van der Waals surface area contributed by atoms with Crippen LogP contribution in [0.4, 0.5) is 11.5 Å². The number of ether oxygens (including phenoxy) is 1. The normalized spacial score (nSPS) is 11.9. The van der Waals surface area contributed by atoms with Gasteiger partial charge < -0.3 is 10.1 Å². The van der Waals surface area contributed by atoms with Crippen LogP contribution in [0.15, 0.2) is 41.4 Å². The maximum absolute atomic E-state index is 11.6. The second-order valence-corrected chi connectivity index (χ2v) is 8.88. The quantitative estimate of drug-likeness (QED) is 0.667. The highest BCUT2D eigenvalue weighted by molar-refractivity contribution is 7.90. The average molecular weight is 388 g/mol. The van der Waals surface area contributed by atoms with Gasteiger partial charge in [-0.15, -0.1) is 0 Å². The monoisotopic (exact) mass is 388 g/mol. The largest absolute Gasteiger partial charge is 0.477 e. The highest BCUT2D eigenvalue weighted by Gasteiger charge is 2.13. The van der Waals surface area contributed by atoms with Crippen LogP contribution < -0.4 is 10.1 Å².